The van der Waals surface area contributed by atoms with Crippen LogP contribution < -0.4 is 0 Å². The minimum absolute atomic E-state index is 0.322. The van der Waals surface area contributed by atoms with Gasteiger partial charge in [-0.3, -0.25) is 0 Å². The van der Waals surface area contributed by atoms with E-state index in [-0.39, 0.29) is 0 Å². The number of hydrogen-bond donors (Lipinski definition) is 2. The largest absolute Gasteiger partial charge is 0.508 e. The minimum Gasteiger partial charge on any atom is -0.508 e. The van der Waals surface area contributed by atoms with E-state index >= 15 is 0 Å². The second-order valence-corrected chi connectivity index (χ2v) is 6.14. The highest BCUT2D eigenvalue weighted by Gasteiger charge is 1.93. The Morgan fingerprint density at radius 1 is 0.414 bits per heavy atom. The van der Waals surface area contributed by atoms with Crippen molar-refractivity contribution in [3.63, 3.8) is 0 Å². The van der Waals surface area contributed by atoms with Gasteiger partial charge < -0.3 is 14.9 Å². The van der Waals surface area contributed by atoms with Gasteiger partial charge in [-0.05, 0) is 35.4 Å². The summed E-state index contributed by atoms with van der Waals surface area (Å²) in [6.45, 7) is 1.35. The van der Waals surface area contributed by atoms with Crippen LogP contribution in [-0.2, 0) is 18.0 Å². The molecule has 0 saturated heterocycles. The lowest BCUT2D eigenvalue weighted by Gasteiger charge is -2.03. The molecule has 0 radical (unpaired) electrons. The van der Waals surface area contributed by atoms with Gasteiger partial charge in [-0.15, -0.1) is 0 Å². The van der Waals surface area contributed by atoms with Gasteiger partial charge in [0, 0.05) is 0 Å². The second-order valence-electron chi connectivity index (χ2n) is 6.14. The molecule has 2 N–H and O–H groups in total. The van der Waals surface area contributed by atoms with Crippen molar-refractivity contribution < 1.29 is 14.9 Å². The zero-order chi connectivity index (χ0) is 20.6. The van der Waals surface area contributed by atoms with Crippen molar-refractivity contribution in [3.8, 4) is 11.5 Å². The number of aromatic hydroxyl groups is 2. The average molecular weight is 386 g/mol. The van der Waals surface area contributed by atoms with E-state index in [9.17, 15) is 0 Å². The molecule has 4 aromatic rings. The number of para-hydroxylation sites is 2. The Morgan fingerprint density at radius 2 is 0.690 bits per heavy atom. The van der Waals surface area contributed by atoms with Crippen molar-refractivity contribution in [1.82, 2.24) is 0 Å². The quantitative estimate of drug-likeness (QED) is 0.440. The molecule has 3 nitrogen and oxygen atoms in total. The van der Waals surface area contributed by atoms with Gasteiger partial charge in [0.1, 0.15) is 11.5 Å². The molecule has 0 heterocycles. The molecule has 0 aliphatic carbocycles. The Kier molecular flexibility index (Phi) is 10.2. The Morgan fingerprint density at radius 3 is 0.931 bits per heavy atom. The van der Waals surface area contributed by atoms with E-state index in [1.54, 1.807) is 48.5 Å². The lowest BCUT2D eigenvalue weighted by Crippen LogP contribution is -1.93. The lowest BCUT2D eigenvalue weighted by atomic mass is 10.2. The van der Waals surface area contributed by atoms with Crippen LogP contribution in [0.4, 0.5) is 0 Å². The minimum atomic E-state index is 0.322. The van der Waals surface area contributed by atoms with Crippen LogP contribution in [0.2, 0.25) is 0 Å². The summed E-state index contributed by atoms with van der Waals surface area (Å²) in [7, 11) is 0. The summed E-state index contributed by atoms with van der Waals surface area (Å²) in [5.74, 6) is 0.644. The lowest BCUT2D eigenvalue weighted by molar-refractivity contribution is 0.107. The fourth-order valence-electron chi connectivity index (χ4n) is 2.29. The number of benzene rings is 4. The van der Waals surface area contributed by atoms with Crippen LogP contribution in [0, 0.1) is 0 Å². The van der Waals surface area contributed by atoms with Crippen LogP contribution in [0.1, 0.15) is 11.1 Å². The molecular formula is C26H26O3. The van der Waals surface area contributed by atoms with Crippen LogP contribution in [0.3, 0.4) is 0 Å². The monoisotopic (exact) mass is 386 g/mol. The maximum Gasteiger partial charge on any atom is 0.115 e. The normalized spacial score (nSPS) is 9.38. The Labute approximate surface area is 172 Å². The summed E-state index contributed by atoms with van der Waals surface area (Å²) >= 11 is 0. The number of phenolic OH excluding ortho intramolecular Hbond substituents is 2. The van der Waals surface area contributed by atoms with Crippen LogP contribution in [0.5, 0.6) is 11.5 Å². The maximum absolute atomic E-state index is 8.63. The van der Waals surface area contributed by atoms with Crippen molar-refractivity contribution in [2.24, 2.45) is 0 Å². The molecule has 0 bridgehead atoms. The predicted octanol–water partition coefficient (Wildman–Crippen LogP) is 6.19. The van der Waals surface area contributed by atoms with Crippen molar-refractivity contribution in [2.75, 3.05) is 0 Å². The molecule has 148 valence electrons. The van der Waals surface area contributed by atoms with Crippen LogP contribution in [0.25, 0.3) is 0 Å². The van der Waals surface area contributed by atoms with Gasteiger partial charge >= 0.3 is 0 Å². The summed E-state index contributed by atoms with van der Waals surface area (Å²) in [6.07, 6.45) is 0. The first-order chi connectivity index (χ1) is 14.2. The molecule has 0 saturated carbocycles. The van der Waals surface area contributed by atoms with Crippen LogP contribution in [-0.4, -0.2) is 10.2 Å². The predicted molar refractivity (Wildman–Crippen MR) is 118 cm³/mol. The highest BCUT2D eigenvalue weighted by molar-refractivity contribution is 5.19. The van der Waals surface area contributed by atoms with E-state index in [1.807, 2.05) is 48.5 Å². The van der Waals surface area contributed by atoms with Crippen LogP contribution in [0.15, 0.2) is 121 Å². The smallest absolute Gasteiger partial charge is 0.115 e. The molecule has 0 aliphatic heterocycles. The van der Waals surface area contributed by atoms with E-state index in [0.717, 1.165) is 0 Å². The SMILES string of the molecule is Oc1ccccc1.Oc1ccccc1.c1ccc(COCc2ccccc2)cc1. The fourth-order valence-corrected chi connectivity index (χ4v) is 2.29. The third kappa shape index (κ3) is 10.4. The molecule has 4 aromatic carbocycles. The molecule has 0 spiro atoms. The molecule has 0 unspecified atom stereocenters. The molecule has 0 amide bonds. The number of ether oxygens (including phenoxy) is 1. The summed E-state index contributed by atoms with van der Waals surface area (Å²) in [5.41, 5.74) is 2.43. The van der Waals surface area contributed by atoms with Gasteiger partial charge in [-0.2, -0.15) is 0 Å². The molecule has 0 atom stereocenters. The van der Waals surface area contributed by atoms with Gasteiger partial charge in [0.15, 0.2) is 0 Å². The highest BCUT2D eigenvalue weighted by Crippen LogP contribution is 2.05. The number of phenols is 2. The van der Waals surface area contributed by atoms with E-state index < -0.39 is 0 Å². The van der Waals surface area contributed by atoms with Crippen molar-refractivity contribution in [2.45, 2.75) is 13.2 Å². The Bertz CT molecular complexity index is 803. The topological polar surface area (TPSA) is 49.7 Å². The van der Waals surface area contributed by atoms with Gasteiger partial charge in [0.05, 0.1) is 13.2 Å². The molecule has 3 heteroatoms. The third-order valence-electron chi connectivity index (χ3n) is 3.74. The van der Waals surface area contributed by atoms with Gasteiger partial charge in [-0.1, -0.05) is 97.1 Å². The molecule has 0 fully saturated rings. The van der Waals surface area contributed by atoms with Gasteiger partial charge in [0.2, 0.25) is 0 Å². The number of hydrogen-bond acceptors (Lipinski definition) is 3. The van der Waals surface area contributed by atoms with Gasteiger partial charge in [0.25, 0.3) is 0 Å². The molecular weight excluding hydrogens is 360 g/mol. The molecule has 29 heavy (non-hydrogen) atoms. The molecule has 4 rings (SSSR count). The second kappa shape index (κ2) is 13.6. The zero-order valence-corrected chi connectivity index (χ0v) is 16.3. The molecule has 0 aliphatic rings. The van der Waals surface area contributed by atoms with Crippen molar-refractivity contribution in [1.29, 1.82) is 0 Å². The van der Waals surface area contributed by atoms with Crippen LogP contribution >= 0.6 is 0 Å². The van der Waals surface area contributed by atoms with Crippen molar-refractivity contribution >= 4 is 0 Å². The maximum atomic E-state index is 8.63. The van der Waals surface area contributed by atoms with E-state index in [1.165, 1.54) is 11.1 Å². The summed E-state index contributed by atoms with van der Waals surface area (Å²) in [5, 5.41) is 17.3. The fraction of sp³-hybridized carbons (Fsp3) is 0.0769. The van der Waals surface area contributed by atoms with E-state index in [0.29, 0.717) is 24.7 Å². The first-order valence-electron chi connectivity index (χ1n) is 9.37. The van der Waals surface area contributed by atoms with E-state index in [2.05, 4.69) is 24.3 Å². The summed E-state index contributed by atoms with van der Waals surface area (Å²) in [4.78, 5) is 0. The summed E-state index contributed by atoms with van der Waals surface area (Å²) < 4.78 is 5.61. The standard InChI is InChI=1S/C14H14O.2C6H6O/c1-3-7-13(8-4-1)11-15-12-14-9-5-2-6-10-14;2*7-6-4-2-1-3-5-6/h1-10H,11-12H2;2*1-5,7H. The molecule has 0 aromatic heterocycles. The van der Waals surface area contributed by atoms with E-state index in [4.69, 9.17) is 14.9 Å². The Hall–Kier alpha value is -3.56. The zero-order valence-electron chi connectivity index (χ0n) is 16.3. The first kappa shape index (κ1) is 21.7. The van der Waals surface area contributed by atoms with Gasteiger partial charge in [-0.25, -0.2) is 0 Å². The third-order valence-corrected chi connectivity index (χ3v) is 3.74. The Balaban J connectivity index is 0.000000178. The average Bonchev–Trinajstić information content (AvgIpc) is 2.77. The first-order valence-corrected chi connectivity index (χ1v) is 9.37. The summed E-state index contributed by atoms with van der Waals surface area (Å²) in [6, 6.07) is 37.9. The highest BCUT2D eigenvalue weighted by atomic mass is 16.5. The number of rotatable bonds is 4. The van der Waals surface area contributed by atoms with Crippen molar-refractivity contribution in [3.05, 3.63) is 132 Å².